The van der Waals surface area contributed by atoms with Crippen molar-refractivity contribution >= 4 is 17.4 Å². The molecule has 0 aliphatic carbocycles. The van der Waals surface area contributed by atoms with E-state index in [0.29, 0.717) is 11.5 Å². The van der Waals surface area contributed by atoms with Crippen LogP contribution in [0.2, 0.25) is 0 Å². The van der Waals surface area contributed by atoms with Crippen molar-refractivity contribution in [2.45, 2.75) is 46.6 Å². The number of ether oxygens (including phenoxy) is 1. The van der Waals surface area contributed by atoms with Crippen molar-refractivity contribution in [3.8, 4) is 5.75 Å². The van der Waals surface area contributed by atoms with Gasteiger partial charge in [0.1, 0.15) is 5.75 Å². The van der Waals surface area contributed by atoms with Gasteiger partial charge >= 0.3 is 0 Å². The molecule has 1 aromatic carbocycles. The Morgan fingerprint density at radius 1 is 1.40 bits per heavy atom. The molecule has 1 atom stereocenters. The summed E-state index contributed by atoms with van der Waals surface area (Å²) in [6.45, 7) is 9.77. The van der Waals surface area contributed by atoms with Crippen LogP contribution in [0.3, 0.4) is 0 Å². The summed E-state index contributed by atoms with van der Waals surface area (Å²) in [6.07, 6.45) is 2.31. The third-order valence-electron chi connectivity index (χ3n) is 4.05. The summed E-state index contributed by atoms with van der Waals surface area (Å²) in [6, 6.07) is 6.97. The molecular weight excluding hydrogens is 266 g/mol. The largest absolute Gasteiger partial charge is 0.491 e. The molecule has 1 unspecified atom stereocenters. The molecule has 0 radical (unpaired) electrons. The molecule has 1 aliphatic heterocycles. The van der Waals surface area contributed by atoms with E-state index in [9.17, 15) is 0 Å². The lowest BCUT2D eigenvalue weighted by molar-refractivity contribution is 0.299. The maximum absolute atomic E-state index is 5.91. The smallest absolute Gasteiger partial charge is 0.142 e. The van der Waals surface area contributed by atoms with Crippen LogP contribution in [0.4, 0.5) is 5.69 Å². The molecule has 0 aromatic heterocycles. The Bertz CT molecular complexity index is 445. The number of aryl methyl sites for hydroxylation is 1. The predicted molar refractivity (Wildman–Crippen MR) is 90.1 cm³/mol. The summed E-state index contributed by atoms with van der Waals surface area (Å²) in [4.78, 5) is 0. The van der Waals surface area contributed by atoms with Crippen molar-refractivity contribution in [1.29, 1.82) is 0 Å². The van der Waals surface area contributed by atoms with Gasteiger partial charge in [0.2, 0.25) is 0 Å². The maximum Gasteiger partial charge on any atom is 0.142 e. The number of benzene rings is 1. The summed E-state index contributed by atoms with van der Waals surface area (Å²) < 4.78 is 5.91. The first-order valence-electron chi connectivity index (χ1n) is 7.60. The van der Waals surface area contributed by atoms with Crippen LogP contribution in [0.25, 0.3) is 0 Å². The minimum atomic E-state index is 0.345. The molecule has 1 saturated heterocycles. The fraction of sp³-hybridized carbons (Fsp3) is 0.647. The van der Waals surface area contributed by atoms with Crippen molar-refractivity contribution in [2.75, 3.05) is 23.4 Å². The van der Waals surface area contributed by atoms with Crippen LogP contribution < -0.4 is 10.1 Å². The van der Waals surface area contributed by atoms with Crippen LogP contribution in [0, 0.1) is 12.3 Å². The van der Waals surface area contributed by atoms with Crippen LogP contribution in [-0.2, 0) is 0 Å². The molecule has 20 heavy (non-hydrogen) atoms. The van der Waals surface area contributed by atoms with Crippen LogP contribution in [0.1, 0.15) is 39.2 Å². The normalized spacial score (nSPS) is 21.5. The molecule has 3 heteroatoms. The molecule has 0 amide bonds. The number of anilines is 1. The van der Waals surface area contributed by atoms with E-state index in [2.05, 4.69) is 51.2 Å². The lowest BCUT2D eigenvalue weighted by Gasteiger charge is -2.39. The van der Waals surface area contributed by atoms with Gasteiger partial charge in [0, 0.05) is 11.8 Å². The lowest BCUT2D eigenvalue weighted by Crippen LogP contribution is -2.41. The highest BCUT2D eigenvalue weighted by atomic mass is 32.2. The zero-order valence-corrected chi connectivity index (χ0v) is 14.0. The van der Waals surface area contributed by atoms with Gasteiger partial charge in [-0.3, -0.25) is 0 Å². The molecule has 0 saturated carbocycles. The molecule has 112 valence electrons. The summed E-state index contributed by atoms with van der Waals surface area (Å²) in [5.74, 6) is 3.45. The van der Waals surface area contributed by atoms with Crippen LogP contribution in [0.15, 0.2) is 18.2 Å². The van der Waals surface area contributed by atoms with E-state index < -0.39 is 0 Å². The first-order valence-corrected chi connectivity index (χ1v) is 8.76. The third kappa shape index (κ3) is 3.85. The fourth-order valence-electron chi connectivity index (χ4n) is 2.44. The van der Waals surface area contributed by atoms with Gasteiger partial charge < -0.3 is 10.1 Å². The van der Waals surface area contributed by atoms with Crippen molar-refractivity contribution in [3.05, 3.63) is 23.8 Å². The Labute approximate surface area is 127 Å². The molecule has 2 rings (SSSR count). The fourth-order valence-corrected chi connectivity index (χ4v) is 4.05. The quantitative estimate of drug-likeness (QED) is 0.848. The van der Waals surface area contributed by atoms with E-state index in [-0.39, 0.29) is 0 Å². The number of nitrogens with one attached hydrogen (secondary N) is 1. The Kier molecular flexibility index (Phi) is 5.25. The molecule has 0 bridgehead atoms. The Balaban J connectivity index is 2.15. The average molecular weight is 293 g/mol. The molecule has 1 aliphatic rings. The first-order chi connectivity index (χ1) is 9.53. The van der Waals surface area contributed by atoms with Crippen LogP contribution >= 0.6 is 11.8 Å². The second-order valence-corrected chi connectivity index (χ2v) is 7.51. The first kappa shape index (κ1) is 15.6. The Morgan fingerprint density at radius 2 is 2.20 bits per heavy atom. The van der Waals surface area contributed by atoms with E-state index in [0.717, 1.165) is 24.5 Å². The summed E-state index contributed by atoms with van der Waals surface area (Å²) in [7, 11) is 0. The molecular formula is C17H27NOS. The number of hydrogen-bond donors (Lipinski definition) is 1. The molecule has 1 heterocycles. The van der Waals surface area contributed by atoms with Crippen molar-refractivity contribution in [1.82, 2.24) is 0 Å². The van der Waals surface area contributed by atoms with Crippen molar-refractivity contribution < 1.29 is 4.74 Å². The molecule has 1 aromatic rings. The summed E-state index contributed by atoms with van der Waals surface area (Å²) >= 11 is 2.05. The minimum Gasteiger partial charge on any atom is -0.491 e. The average Bonchev–Trinajstić information content (AvgIpc) is 2.41. The Morgan fingerprint density at radius 3 is 2.90 bits per heavy atom. The van der Waals surface area contributed by atoms with Gasteiger partial charge in [-0.05, 0) is 48.6 Å². The molecule has 1 N–H and O–H groups in total. The highest BCUT2D eigenvalue weighted by Gasteiger charge is 2.32. The standard InChI is InChI=1S/C17H27NOS/c1-5-9-19-15-11-13(2)6-7-14(15)18-16-12-20-10-8-17(16,3)4/h6-7,11,16,18H,5,8-10,12H2,1-4H3. The van der Waals surface area contributed by atoms with E-state index >= 15 is 0 Å². The van der Waals surface area contributed by atoms with Gasteiger partial charge in [-0.1, -0.05) is 26.8 Å². The van der Waals surface area contributed by atoms with Crippen molar-refractivity contribution in [3.63, 3.8) is 0 Å². The SMILES string of the molecule is CCCOc1cc(C)ccc1NC1CSCCC1(C)C. The van der Waals surface area contributed by atoms with Gasteiger partial charge in [0.25, 0.3) is 0 Å². The second-order valence-electron chi connectivity index (χ2n) is 6.36. The Hall–Kier alpha value is -0.830. The lowest BCUT2D eigenvalue weighted by atomic mass is 9.82. The highest BCUT2D eigenvalue weighted by Crippen LogP contribution is 2.37. The van der Waals surface area contributed by atoms with E-state index in [4.69, 9.17) is 4.74 Å². The zero-order valence-electron chi connectivity index (χ0n) is 13.2. The second kappa shape index (κ2) is 6.75. The predicted octanol–water partition coefficient (Wildman–Crippen LogP) is 4.73. The van der Waals surface area contributed by atoms with Crippen LogP contribution in [-0.4, -0.2) is 24.2 Å². The van der Waals surface area contributed by atoms with Gasteiger partial charge in [0.05, 0.1) is 12.3 Å². The number of thioether (sulfide) groups is 1. The minimum absolute atomic E-state index is 0.345. The molecule has 2 nitrogen and oxygen atoms in total. The van der Waals surface area contributed by atoms with Gasteiger partial charge in [-0.15, -0.1) is 0 Å². The topological polar surface area (TPSA) is 21.3 Å². The van der Waals surface area contributed by atoms with Gasteiger partial charge in [0.15, 0.2) is 0 Å². The summed E-state index contributed by atoms with van der Waals surface area (Å²) in [5.41, 5.74) is 2.74. The number of rotatable bonds is 5. The van der Waals surface area contributed by atoms with Gasteiger partial charge in [-0.2, -0.15) is 11.8 Å². The van der Waals surface area contributed by atoms with Crippen LogP contribution in [0.5, 0.6) is 5.75 Å². The maximum atomic E-state index is 5.91. The van der Waals surface area contributed by atoms with E-state index in [1.807, 2.05) is 11.8 Å². The zero-order chi connectivity index (χ0) is 14.6. The van der Waals surface area contributed by atoms with Gasteiger partial charge in [-0.25, -0.2) is 0 Å². The highest BCUT2D eigenvalue weighted by molar-refractivity contribution is 7.99. The third-order valence-corrected chi connectivity index (χ3v) is 5.11. The number of hydrogen-bond acceptors (Lipinski definition) is 3. The van der Waals surface area contributed by atoms with Crippen molar-refractivity contribution in [2.24, 2.45) is 5.41 Å². The van der Waals surface area contributed by atoms with E-state index in [1.165, 1.54) is 23.5 Å². The summed E-state index contributed by atoms with van der Waals surface area (Å²) in [5, 5.41) is 3.73. The van der Waals surface area contributed by atoms with E-state index in [1.54, 1.807) is 0 Å². The molecule has 0 spiro atoms. The monoisotopic (exact) mass is 293 g/mol. The molecule has 1 fully saturated rings.